The van der Waals surface area contributed by atoms with Gasteiger partial charge in [0.15, 0.2) is 0 Å². The molecule has 0 saturated carbocycles. The van der Waals surface area contributed by atoms with E-state index < -0.39 is 0 Å². The van der Waals surface area contributed by atoms with Crippen molar-refractivity contribution in [2.45, 2.75) is 38.5 Å². The number of hydrogen-bond donors (Lipinski definition) is 0. The van der Waals surface area contributed by atoms with E-state index in [1.807, 2.05) is 12.4 Å². The molecule has 0 N–H and O–H groups in total. The highest BCUT2D eigenvalue weighted by molar-refractivity contribution is 6.15. The van der Waals surface area contributed by atoms with Crippen LogP contribution in [0.4, 0.5) is 0 Å². The normalized spacial score (nSPS) is 13.4. The van der Waals surface area contributed by atoms with Gasteiger partial charge in [-0.2, -0.15) is 0 Å². The van der Waals surface area contributed by atoms with Crippen LogP contribution in [0.3, 0.4) is 0 Å². The van der Waals surface area contributed by atoms with Crippen molar-refractivity contribution in [2.75, 3.05) is 0 Å². The molecule has 0 saturated heterocycles. The zero-order chi connectivity index (χ0) is 66.5. The second kappa shape index (κ2) is 22.0. The summed E-state index contributed by atoms with van der Waals surface area (Å²) in [4.78, 5) is 4.60. The van der Waals surface area contributed by atoms with Gasteiger partial charge in [-0.25, -0.2) is 0 Å². The summed E-state index contributed by atoms with van der Waals surface area (Å²) >= 11 is 0. The van der Waals surface area contributed by atoms with Crippen LogP contribution in [0.25, 0.3) is 166 Å². The Balaban J connectivity index is 0.000000136. The predicted molar refractivity (Wildman–Crippen MR) is 419 cm³/mol. The molecule has 19 aromatic rings. The molecule has 0 unspecified atom stereocenters. The Morgan fingerprint density at radius 3 is 0.970 bits per heavy atom. The molecule has 2 aliphatic rings. The number of hydrogen-bond acceptors (Lipinski definition) is 1. The van der Waals surface area contributed by atoms with Gasteiger partial charge in [0.2, 0.25) is 0 Å². The zero-order valence-corrected chi connectivity index (χ0v) is 56.0. The predicted octanol–water partition coefficient (Wildman–Crippen LogP) is 24.8. The van der Waals surface area contributed by atoms with Gasteiger partial charge < -0.3 is 18.3 Å². The quantitative estimate of drug-likeness (QED) is 0.157. The maximum Gasteiger partial charge on any atom is 0.0724 e. The van der Waals surface area contributed by atoms with Gasteiger partial charge in [0.1, 0.15) is 0 Å². The minimum Gasteiger partial charge on any atom is -0.309 e. The van der Waals surface area contributed by atoms with E-state index in [1.54, 1.807) is 0 Å². The summed E-state index contributed by atoms with van der Waals surface area (Å²) in [7, 11) is 0. The minimum absolute atomic E-state index is 0.0455. The number of fused-ring (bicyclic) bond motifs is 18. The SMILES string of the molecule is CC1(C)c2ccccc2-c2ccc(-n3c4ccc(-c5ccc6c(c5)c5ccccc5n6-c5ccc(-c6ccccc6)cc5)cc4c4ccncc43)cc21.CC1(C)c2ccccc2-c2ccc(-n3c4ccccc4c4cc(-c5ccc6c(c5)c5ccccc5n6-c5ccccc5)ccc43)cc21. The Morgan fingerprint density at radius 1 is 0.210 bits per heavy atom. The highest BCUT2D eigenvalue weighted by atomic mass is 15.0. The summed E-state index contributed by atoms with van der Waals surface area (Å²) < 4.78 is 9.61. The van der Waals surface area contributed by atoms with Crippen molar-refractivity contribution in [2.24, 2.45) is 0 Å². The Hall–Kier alpha value is -12.6. The summed E-state index contributed by atoms with van der Waals surface area (Å²) in [6.45, 7) is 9.40. The van der Waals surface area contributed by atoms with Crippen molar-refractivity contribution in [1.82, 2.24) is 23.3 Å². The third-order valence-electron chi connectivity index (χ3n) is 22.2. The van der Waals surface area contributed by atoms with Crippen molar-refractivity contribution in [3.05, 3.63) is 356 Å². The maximum absolute atomic E-state index is 4.60. The maximum atomic E-state index is 4.60. The van der Waals surface area contributed by atoms with Crippen molar-refractivity contribution >= 4 is 87.2 Å². The fraction of sp³-hybridized carbons (Fsp3) is 0.0632. The number of nitrogens with zero attached hydrogens (tertiary/aromatic N) is 5. The second-order valence-corrected chi connectivity index (χ2v) is 28.3. The molecule has 2 aliphatic carbocycles. The summed E-state index contributed by atoms with van der Waals surface area (Å²) in [6, 6.07) is 118. The molecule has 5 aromatic heterocycles. The van der Waals surface area contributed by atoms with Crippen molar-refractivity contribution in [1.29, 1.82) is 0 Å². The molecule has 0 spiro atoms. The van der Waals surface area contributed by atoms with Gasteiger partial charge in [-0.15, -0.1) is 0 Å². The van der Waals surface area contributed by atoms with E-state index in [4.69, 9.17) is 0 Å². The molecule has 0 atom stereocenters. The fourth-order valence-corrected chi connectivity index (χ4v) is 17.3. The smallest absolute Gasteiger partial charge is 0.0724 e. The van der Waals surface area contributed by atoms with Gasteiger partial charge in [-0.05, 0) is 199 Å². The van der Waals surface area contributed by atoms with Gasteiger partial charge in [0, 0.05) is 82.9 Å². The van der Waals surface area contributed by atoms with Crippen LogP contribution in [0.1, 0.15) is 49.9 Å². The molecule has 0 bridgehead atoms. The second-order valence-electron chi connectivity index (χ2n) is 28.3. The van der Waals surface area contributed by atoms with Crippen LogP contribution in [0.15, 0.2) is 334 Å². The molecule has 5 heterocycles. The third kappa shape index (κ3) is 8.64. The van der Waals surface area contributed by atoms with Gasteiger partial charge >= 0.3 is 0 Å². The monoisotopic (exact) mass is 1280 g/mol. The minimum atomic E-state index is -0.0699. The number of para-hydroxylation sites is 4. The number of benzene rings is 14. The van der Waals surface area contributed by atoms with Crippen molar-refractivity contribution < 1.29 is 0 Å². The van der Waals surface area contributed by atoms with E-state index in [0.717, 1.165) is 16.9 Å². The van der Waals surface area contributed by atoms with E-state index in [0.29, 0.717) is 0 Å². The van der Waals surface area contributed by atoms with Gasteiger partial charge in [-0.3, -0.25) is 4.98 Å². The molecule has 5 heteroatoms. The first-order valence-corrected chi connectivity index (χ1v) is 34.8. The highest BCUT2D eigenvalue weighted by Crippen LogP contribution is 2.52. The lowest BCUT2D eigenvalue weighted by atomic mass is 9.82. The molecule has 21 rings (SSSR count). The number of aromatic nitrogens is 5. The lowest BCUT2D eigenvalue weighted by molar-refractivity contribution is 0.660. The van der Waals surface area contributed by atoms with E-state index >= 15 is 0 Å². The molecule has 0 radical (unpaired) electrons. The third-order valence-corrected chi connectivity index (χ3v) is 22.2. The first-order valence-electron chi connectivity index (χ1n) is 34.8. The van der Waals surface area contributed by atoms with Crippen molar-refractivity contribution in [3.63, 3.8) is 0 Å². The van der Waals surface area contributed by atoms with E-state index in [1.165, 1.54) is 171 Å². The first kappa shape index (κ1) is 57.7. The average Bonchev–Trinajstić information content (AvgIpc) is 1.57. The molecule has 0 fully saturated rings. The zero-order valence-electron chi connectivity index (χ0n) is 56.0. The average molecular weight is 1280 g/mol. The van der Waals surface area contributed by atoms with E-state index in [2.05, 4.69) is 372 Å². The topological polar surface area (TPSA) is 32.6 Å². The molecular weight excluding hydrogens is 1210 g/mol. The van der Waals surface area contributed by atoms with E-state index in [-0.39, 0.29) is 10.8 Å². The summed E-state index contributed by atoms with van der Waals surface area (Å²) in [5, 5.41) is 10.0. The first-order chi connectivity index (χ1) is 49.1. The highest BCUT2D eigenvalue weighted by Gasteiger charge is 2.37. The van der Waals surface area contributed by atoms with Crippen LogP contribution in [-0.2, 0) is 10.8 Å². The Labute approximate surface area is 580 Å². The van der Waals surface area contributed by atoms with Crippen LogP contribution in [0, 0.1) is 0 Å². The largest absolute Gasteiger partial charge is 0.309 e. The molecule has 472 valence electrons. The van der Waals surface area contributed by atoms with Gasteiger partial charge in [-0.1, -0.05) is 228 Å². The molecule has 0 amide bonds. The van der Waals surface area contributed by atoms with Crippen LogP contribution in [0.5, 0.6) is 0 Å². The molecular formula is C95H67N5. The standard InChI is InChI=1S/C50H35N3.C45H32N2/c1-50(2)44-14-8-6-12-38(44)39-23-22-37(30-45(39)50)53-48-25-19-35(29-43(48)41-26-27-51-31-49(41)53)34-18-24-47-42(28-34)40-13-7-9-15-46(40)52(47)36-20-16-33(17-21-36)32-10-4-3-5-11-32;1-45(2)39-17-9-6-14-33(39)34-23-22-32(28-40(34)45)47-42-19-11-8-16-36(42)38-27-30(21-25-44(38)47)29-20-24-43-37(26-29)35-15-7-10-18-41(35)46(43)31-12-4-3-5-13-31/h3-31H,1-2H3;3-28H,1-2H3. The number of rotatable bonds is 7. The fourth-order valence-electron chi connectivity index (χ4n) is 17.3. The van der Waals surface area contributed by atoms with Crippen LogP contribution < -0.4 is 0 Å². The molecule has 14 aromatic carbocycles. The number of pyridine rings is 1. The van der Waals surface area contributed by atoms with E-state index in [9.17, 15) is 0 Å². The van der Waals surface area contributed by atoms with Crippen molar-refractivity contribution in [3.8, 4) is 78.4 Å². The molecule has 100 heavy (non-hydrogen) atoms. The molecule has 5 nitrogen and oxygen atoms in total. The Kier molecular flexibility index (Phi) is 12.7. The summed E-state index contributed by atoms with van der Waals surface area (Å²) in [5.74, 6) is 0. The Morgan fingerprint density at radius 2 is 0.520 bits per heavy atom. The lowest BCUT2D eigenvalue weighted by Gasteiger charge is -2.22. The molecule has 0 aliphatic heterocycles. The van der Waals surface area contributed by atoms with Gasteiger partial charge in [0.05, 0.1) is 50.3 Å². The van der Waals surface area contributed by atoms with Crippen LogP contribution >= 0.6 is 0 Å². The lowest BCUT2D eigenvalue weighted by Crippen LogP contribution is -2.15. The van der Waals surface area contributed by atoms with Crippen LogP contribution in [0.2, 0.25) is 0 Å². The van der Waals surface area contributed by atoms with Gasteiger partial charge in [0.25, 0.3) is 0 Å². The van der Waals surface area contributed by atoms with Crippen LogP contribution in [-0.4, -0.2) is 23.3 Å². The summed E-state index contributed by atoms with van der Waals surface area (Å²) in [6.07, 6.45) is 3.92. The summed E-state index contributed by atoms with van der Waals surface area (Å²) in [5.41, 5.74) is 32.4. The Bertz CT molecular complexity index is 6570.